The smallest absolute Gasteiger partial charge is 0.119 e. The van der Waals surface area contributed by atoms with Crippen LogP contribution >= 0.6 is 0 Å². The molecule has 1 aliphatic carbocycles. The Morgan fingerprint density at radius 1 is 1.21 bits per heavy atom. The highest BCUT2D eigenvalue weighted by Crippen LogP contribution is 2.19. The van der Waals surface area contributed by atoms with Crippen molar-refractivity contribution >= 4 is 0 Å². The normalized spacial score (nSPS) is 14.5. The maximum Gasteiger partial charge on any atom is 0.119 e. The third-order valence-electron chi connectivity index (χ3n) is 3.48. The lowest BCUT2D eigenvalue weighted by atomic mass is 10.1. The van der Waals surface area contributed by atoms with Crippen LogP contribution in [0.4, 0.5) is 0 Å². The molecule has 0 fully saturated rings. The lowest BCUT2D eigenvalue weighted by molar-refractivity contribution is 0.317. The van der Waals surface area contributed by atoms with E-state index in [4.69, 9.17) is 4.74 Å². The molecule has 2 nitrogen and oxygen atoms in total. The van der Waals surface area contributed by atoms with Crippen molar-refractivity contribution in [2.75, 3.05) is 13.2 Å². The van der Waals surface area contributed by atoms with Crippen LogP contribution in [-0.4, -0.2) is 13.2 Å². The van der Waals surface area contributed by atoms with Gasteiger partial charge in [-0.25, -0.2) is 0 Å². The summed E-state index contributed by atoms with van der Waals surface area (Å²) in [5, 5.41) is 3.51. The summed E-state index contributed by atoms with van der Waals surface area (Å²) in [4.78, 5) is 0. The van der Waals surface area contributed by atoms with Crippen molar-refractivity contribution < 1.29 is 4.74 Å². The molecular weight excluding hydrogens is 234 g/mol. The molecule has 0 atom stereocenters. The number of nitrogens with one attached hydrogen (secondary N) is 1. The van der Waals surface area contributed by atoms with E-state index in [0.717, 1.165) is 31.9 Å². The molecule has 2 heteroatoms. The number of rotatable bonds is 8. The van der Waals surface area contributed by atoms with Crippen molar-refractivity contribution in [1.82, 2.24) is 5.32 Å². The molecule has 1 N–H and O–H groups in total. The van der Waals surface area contributed by atoms with E-state index in [-0.39, 0.29) is 0 Å². The summed E-state index contributed by atoms with van der Waals surface area (Å²) in [6.45, 7) is 4.95. The zero-order chi connectivity index (χ0) is 13.3. The second-order valence-corrected chi connectivity index (χ2v) is 5.17. The Morgan fingerprint density at radius 2 is 2.05 bits per heavy atom. The van der Waals surface area contributed by atoms with Crippen LogP contribution in [0.3, 0.4) is 0 Å². The average Bonchev–Trinajstić information content (AvgIpc) is 2.96. The molecule has 0 radical (unpaired) electrons. The van der Waals surface area contributed by atoms with Gasteiger partial charge in [-0.05, 0) is 56.3 Å². The molecular formula is C17H25NO. The molecule has 104 valence electrons. The number of hydrogen-bond acceptors (Lipinski definition) is 2. The Bertz CT molecular complexity index is 394. The topological polar surface area (TPSA) is 21.3 Å². The lowest BCUT2D eigenvalue weighted by Crippen LogP contribution is -2.15. The molecule has 19 heavy (non-hydrogen) atoms. The average molecular weight is 259 g/mol. The predicted octanol–water partition coefficient (Wildman–Crippen LogP) is 4.07. The molecule has 0 amide bonds. The zero-order valence-corrected chi connectivity index (χ0v) is 12.0. The largest absolute Gasteiger partial charge is 0.494 e. The summed E-state index contributed by atoms with van der Waals surface area (Å²) in [6.07, 6.45) is 8.62. The number of ether oxygens (including phenoxy) is 1. The third kappa shape index (κ3) is 5.07. The summed E-state index contributed by atoms with van der Waals surface area (Å²) >= 11 is 0. The fourth-order valence-corrected chi connectivity index (χ4v) is 2.37. The van der Waals surface area contributed by atoms with Crippen LogP contribution in [0.1, 0.15) is 44.6 Å². The monoisotopic (exact) mass is 259 g/mol. The van der Waals surface area contributed by atoms with E-state index in [1.807, 2.05) is 0 Å². The van der Waals surface area contributed by atoms with Crippen molar-refractivity contribution in [2.24, 2.45) is 0 Å². The van der Waals surface area contributed by atoms with Crippen LogP contribution in [0, 0.1) is 0 Å². The van der Waals surface area contributed by atoms with Crippen LogP contribution in [0.5, 0.6) is 5.75 Å². The zero-order valence-electron chi connectivity index (χ0n) is 12.0. The Balaban J connectivity index is 1.65. The Morgan fingerprint density at radius 3 is 2.74 bits per heavy atom. The van der Waals surface area contributed by atoms with E-state index in [9.17, 15) is 0 Å². The van der Waals surface area contributed by atoms with Crippen molar-refractivity contribution in [2.45, 2.75) is 45.6 Å². The van der Waals surface area contributed by atoms with Crippen molar-refractivity contribution in [3.8, 4) is 5.75 Å². The first-order valence-corrected chi connectivity index (χ1v) is 7.49. The molecule has 2 rings (SSSR count). The number of hydrogen-bond donors (Lipinski definition) is 1. The first-order chi connectivity index (χ1) is 9.38. The van der Waals surface area contributed by atoms with E-state index >= 15 is 0 Å². The van der Waals surface area contributed by atoms with Crippen LogP contribution in [-0.2, 0) is 6.54 Å². The lowest BCUT2D eigenvalue weighted by Gasteiger charge is -2.07. The molecule has 0 aliphatic heterocycles. The van der Waals surface area contributed by atoms with Gasteiger partial charge in [0.2, 0.25) is 0 Å². The Labute approximate surface area is 116 Å². The second-order valence-electron chi connectivity index (χ2n) is 5.17. The van der Waals surface area contributed by atoms with Crippen molar-refractivity contribution in [1.29, 1.82) is 0 Å². The van der Waals surface area contributed by atoms with Gasteiger partial charge in [0.25, 0.3) is 0 Å². The Kier molecular flexibility index (Phi) is 5.96. The highest BCUT2D eigenvalue weighted by Gasteiger charge is 2.03. The fourth-order valence-electron chi connectivity index (χ4n) is 2.37. The van der Waals surface area contributed by atoms with Gasteiger partial charge in [-0.1, -0.05) is 30.7 Å². The maximum atomic E-state index is 5.58. The summed E-state index contributed by atoms with van der Waals surface area (Å²) in [5.74, 6) is 0.974. The minimum absolute atomic E-state index is 0.798. The minimum atomic E-state index is 0.798. The highest BCUT2D eigenvalue weighted by molar-refractivity contribution is 5.27. The fraction of sp³-hybridized carbons (Fsp3) is 0.529. The molecule has 0 spiro atoms. The number of allylic oxidation sites excluding steroid dienone is 1. The van der Waals surface area contributed by atoms with Gasteiger partial charge < -0.3 is 10.1 Å². The predicted molar refractivity (Wildman–Crippen MR) is 80.5 cm³/mol. The molecule has 0 unspecified atom stereocenters. The van der Waals surface area contributed by atoms with Crippen LogP contribution in [0.15, 0.2) is 35.9 Å². The SMILES string of the molecule is CCCOc1ccc(CNCCC2=CCCC2)cc1. The van der Waals surface area contributed by atoms with Gasteiger partial charge in [-0.3, -0.25) is 0 Å². The molecule has 0 heterocycles. The molecule has 0 saturated heterocycles. The van der Waals surface area contributed by atoms with Crippen LogP contribution in [0.25, 0.3) is 0 Å². The number of benzene rings is 1. The molecule has 1 aromatic rings. The quantitative estimate of drug-likeness (QED) is 0.561. The van der Waals surface area contributed by atoms with Crippen molar-refractivity contribution in [3.63, 3.8) is 0 Å². The minimum Gasteiger partial charge on any atom is -0.494 e. The first-order valence-electron chi connectivity index (χ1n) is 7.49. The molecule has 0 bridgehead atoms. The summed E-state index contributed by atoms with van der Waals surface area (Å²) in [7, 11) is 0. The maximum absolute atomic E-state index is 5.58. The summed E-state index contributed by atoms with van der Waals surface area (Å²) < 4.78 is 5.58. The van der Waals surface area contributed by atoms with Gasteiger partial charge in [0.15, 0.2) is 0 Å². The molecule has 0 saturated carbocycles. The molecule has 0 aromatic heterocycles. The summed E-state index contributed by atoms with van der Waals surface area (Å²) in [5.41, 5.74) is 2.96. The van der Waals surface area contributed by atoms with E-state index in [1.165, 1.54) is 31.2 Å². The van der Waals surface area contributed by atoms with Crippen LogP contribution in [0.2, 0.25) is 0 Å². The van der Waals surface area contributed by atoms with Gasteiger partial charge in [0.05, 0.1) is 6.61 Å². The van der Waals surface area contributed by atoms with Gasteiger partial charge in [0, 0.05) is 6.54 Å². The molecule has 1 aliphatic rings. The van der Waals surface area contributed by atoms with E-state index in [0.29, 0.717) is 0 Å². The van der Waals surface area contributed by atoms with Gasteiger partial charge >= 0.3 is 0 Å². The second kappa shape index (κ2) is 8.00. The highest BCUT2D eigenvalue weighted by atomic mass is 16.5. The Hall–Kier alpha value is -1.28. The first kappa shape index (κ1) is 14.1. The van der Waals surface area contributed by atoms with Gasteiger partial charge in [-0.2, -0.15) is 0 Å². The third-order valence-corrected chi connectivity index (χ3v) is 3.48. The van der Waals surface area contributed by atoms with Gasteiger partial charge in [0.1, 0.15) is 5.75 Å². The molecule has 1 aromatic carbocycles. The van der Waals surface area contributed by atoms with Crippen molar-refractivity contribution in [3.05, 3.63) is 41.5 Å². The van der Waals surface area contributed by atoms with E-state index in [2.05, 4.69) is 42.6 Å². The standard InChI is InChI=1S/C17H25NO/c1-2-13-19-17-9-7-16(8-10-17)14-18-12-11-15-5-3-4-6-15/h5,7-10,18H,2-4,6,11-14H2,1H3. The van der Waals surface area contributed by atoms with E-state index in [1.54, 1.807) is 5.57 Å². The van der Waals surface area contributed by atoms with Crippen LogP contribution < -0.4 is 10.1 Å². The summed E-state index contributed by atoms with van der Waals surface area (Å²) in [6, 6.07) is 8.41. The van der Waals surface area contributed by atoms with Gasteiger partial charge in [-0.15, -0.1) is 0 Å². The van der Waals surface area contributed by atoms with E-state index < -0.39 is 0 Å².